The molecule has 0 aliphatic carbocycles. The van der Waals surface area contributed by atoms with E-state index in [1.165, 1.54) is 32.3 Å². The van der Waals surface area contributed by atoms with Gasteiger partial charge < -0.3 is 10.1 Å². The average Bonchev–Trinajstić information content (AvgIpc) is 2.62. The summed E-state index contributed by atoms with van der Waals surface area (Å²) >= 11 is 0. The number of cyclic esters (lactones) is 1. The standard InChI is InChI=1S/C22H19NO2.ClH/c1-22(2)12-25-21(24)23-20(22)17-11-9-15-7-6-13-4-3-5-14-8-10-16(17)19(15)18(13)14;/h3-11,20H,12H2,1-2H3,(H,23,24);1H/t20-;/m1./s1. The molecule has 4 aromatic carbocycles. The summed E-state index contributed by atoms with van der Waals surface area (Å²) in [7, 11) is 0. The lowest BCUT2D eigenvalue weighted by atomic mass is 9.78. The van der Waals surface area contributed by atoms with Crippen molar-refractivity contribution in [1.82, 2.24) is 5.32 Å². The van der Waals surface area contributed by atoms with Crippen LogP contribution in [0.25, 0.3) is 32.3 Å². The van der Waals surface area contributed by atoms with Crippen LogP contribution in [0.3, 0.4) is 0 Å². The van der Waals surface area contributed by atoms with Crippen LogP contribution in [0.15, 0.2) is 54.6 Å². The Morgan fingerprint density at radius 1 is 0.923 bits per heavy atom. The van der Waals surface area contributed by atoms with E-state index >= 15 is 0 Å². The molecule has 0 unspecified atom stereocenters. The maximum absolute atomic E-state index is 11.9. The molecule has 1 amide bonds. The van der Waals surface area contributed by atoms with Crippen LogP contribution < -0.4 is 5.32 Å². The zero-order valence-electron chi connectivity index (χ0n) is 14.7. The largest absolute Gasteiger partial charge is 0.449 e. The second-order valence-corrected chi connectivity index (χ2v) is 7.65. The van der Waals surface area contributed by atoms with Gasteiger partial charge in [-0.3, -0.25) is 0 Å². The van der Waals surface area contributed by atoms with E-state index < -0.39 is 0 Å². The zero-order valence-corrected chi connectivity index (χ0v) is 15.5. The van der Waals surface area contributed by atoms with Crippen molar-refractivity contribution >= 4 is 50.8 Å². The Kier molecular flexibility index (Phi) is 3.74. The third-order valence-corrected chi connectivity index (χ3v) is 5.49. The monoisotopic (exact) mass is 365 g/mol. The molecule has 1 heterocycles. The molecule has 132 valence electrons. The van der Waals surface area contributed by atoms with Gasteiger partial charge in [0.2, 0.25) is 0 Å². The zero-order chi connectivity index (χ0) is 17.2. The van der Waals surface area contributed by atoms with E-state index in [1.54, 1.807) is 0 Å². The second kappa shape index (κ2) is 5.75. The van der Waals surface area contributed by atoms with Gasteiger partial charge in [-0.2, -0.15) is 0 Å². The Hall–Kier alpha value is -2.52. The number of rotatable bonds is 1. The Morgan fingerprint density at radius 2 is 1.54 bits per heavy atom. The molecule has 1 aliphatic rings. The summed E-state index contributed by atoms with van der Waals surface area (Å²) in [4.78, 5) is 11.9. The number of hydrogen-bond acceptors (Lipinski definition) is 2. The van der Waals surface area contributed by atoms with Crippen LogP contribution in [0, 0.1) is 5.41 Å². The lowest BCUT2D eigenvalue weighted by molar-refractivity contribution is 0.0391. The highest BCUT2D eigenvalue weighted by atomic mass is 35.5. The normalized spacial score (nSPS) is 19.3. The first-order valence-corrected chi connectivity index (χ1v) is 8.64. The maximum atomic E-state index is 11.9. The number of halogens is 1. The molecule has 0 aromatic heterocycles. The van der Waals surface area contributed by atoms with Gasteiger partial charge in [-0.15, -0.1) is 12.4 Å². The summed E-state index contributed by atoms with van der Waals surface area (Å²) in [5.74, 6) is 0. The fraction of sp³-hybridized carbons (Fsp3) is 0.227. The van der Waals surface area contributed by atoms with Gasteiger partial charge in [0.05, 0.1) is 6.04 Å². The Balaban J connectivity index is 0.00000168. The predicted octanol–water partition coefficient (Wildman–Crippen LogP) is 5.81. The van der Waals surface area contributed by atoms with E-state index in [0.717, 1.165) is 5.56 Å². The van der Waals surface area contributed by atoms with Gasteiger partial charge in [-0.25, -0.2) is 4.79 Å². The molecule has 26 heavy (non-hydrogen) atoms. The molecule has 1 N–H and O–H groups in total. The van der Waals surface area contributed by atoms with Gasteiger partial charge in [0.15, 0.2) is 0 Å². The number of carbonyl (C=O) groups excluding carboxylic acids is 1. The lowest BCUT2D eigenvalue weighted by Crippen LogP contribution is -2.47. The van der Waals surface area contributed by atoms with Crippen LogP contribution in [0.5, 0.6) is 0 Å². The number of alkyl carbamates (subject to hydrolysis) is 1. The first-order valence-electron chi connectivity index (χ1n) is 8.64. The van der Waals surface area contributed by atoms with E-state index in [4.69, 9.17) is 4.74 Å². The van der Waals surface area contributed by atoms with Crippen LogP contribution in [0.2, 0.25) is 0 Å². The van der Waals surface area contributed by atoms with Crippen molar-refractivity contribution < 1.29 is 9.53 Å². The number of nitrogens with one attached hydrogen (secondary N) is 1. The van der Waals surface area contributed by atoms with E-state index in [2.05, 4.69) is 73.8 Å². The van der Waals surface area contributed by atoms with Crippen LogP contribution in [0.1, 0.15) is 25.5 Å². The smallest absolute Gasteiger partial charge is 0.407 e. The van der Waals surface area contributed by atoms with Gasteiger partial charge in [0, 0.05) is 5.41 Å². The number of ether oxygens (including phenoxy) is 1. The molecule has 0 saturated carbocycles. The molecule has 1 aliphatic heterocycles. The van der Waals surface area contributed by atoms with Crippen molar-refractivity contribution in [3.63, 3.8) is 0 Å². The molecule has 0 radical (unpaired) electrons. The highest BCUT2D eigenvalue weighted by Crippen LogP contribution is 2.43. The van der Waals surface area contributed by atoms with Crippen LogP contribution in [-0.4, -0.2) is 12.7 Å². The highest BCUT2D eigenvalue weighted by Gasteiger charge is 2.38. The molecular formula is C22H20ClNO2. The summed E-state index contributed by atoms with van der Waals surface area (Å²) in [5.41, 5.74) is 0.990. The summed E-state index contributed by atoms with van der Waals surface area (Å²) in [6.45, 7) is 4.69. The lowest BCUT2D eigenvalue weighted by Gasteiger charge is -2.39. The molecule has 3 nitrogen and oxygen atoms in total. The first-order chi connectivity index (χ1) is 12.0. The van der Waals surface area contributed by atoms with Crippen molar-refractivity contribution in [2.45, 2.75) is 19.9 Å². The van der Waals surface area contributed by atoms with E-state index in [1.807, 2.05) is 0 Å². The molecule has 0 spiro atoms. The van der Waals surface area contributed by atoms with Crippen molar-refractivity contribution in [2.75, 3.05) is 6.61 Å². The first kappa shape index (κ1) is 16.9. The minimum atomic E-state index is -0.338. The molecular weight excluding hydrogens is 346 g/mol. The Labute approximate surface area is 158 Å². The fourth-order valence-corrected chi connectivity index (χ4v) is 4.20. The van der Waals surface area contributed by atoms with Crippen LogP contribution >= 0.6 is 12.4 Å². The van der Waals surface area contributed by atoms with E-state index in [-0.39, 0.29) is 30.0 Å². The number of carbonyl (C=O) groups is 1. The van der Waals surface area contributed by atoms with Gasteiger partial charge in [0.1, 0.15) is 6.61 Å². The van der Waals surface area contributed by atoms with Crippen molar-refractivity contribution in [3.8, 4) is 0 Å². The topological polar surface area (TPSA) is 38.3 Å². The van der Waals surface area contributed by atoms with Crippen LogP contribution in [-0.2, 0) is 4.74 Å². The quantitative estimate of drug-likeness (QED) is 0.432. The number of benzene rings is 4. The average molecular weight is 366 g/mol. The molecule has 5 rings (SSSR count). The fourth-order valence-electron chi connectivity index (χ4n) is 4.20. The predicted molar refractivity (Wildman–Crippen MR) is 108 cm³/mol. The molecule has 4 heteroatoms. The molecule has 4 aromatic rings. The summed E-state index contributed by atoms with van der Waals surface area (Å²) in [6, 6.07) is 19.4. The van der Waals surface area contributed by atoms with E-state index in [9.17, 15) is 4.79 Å². The van der Waals surface area contributed by atoms with Crippen molar-refractivity contribution in [2.24, 2.45) is 5.41 Å². The summed E-state index contributed by atoms with van der Waals surface area (Å²) in [5, 5.41) is 10.6. The Bertz CT molecular complexity index is 1120. The molecule has 1 saturated heterocycles. The minimum Gasteiger partial charge on any atom is -0.449 e. The highest BCUT2D eigenvalue weighted by molar-refractivity contribution is 6.23. The van der Waals surface area contributed by atoms with Gasteiger partial charge in [-0.1, -0.05) is 68.4 Å². The third-order valence-electron chi connectivity index (χ3n) is 5.49. The number of amides is 1. The Morgan fingerprint density at radius 3 is 2.27 bits per heavy atom. The summed E-state index contributed by atoms with van der Waals surface area (Å²) in [6.07, 6.45) is -0.338. The SMILES string of the molecule is CC1(C)COC(=O)N[C@@H]1c1ccc2ccc3cccc4ccc1c2c34.Cl. The molecule has 1 atom stereocenters. The maximum Gasteiger partial charge on any atom is 0.407 e. The van der Waals surface area contributed by atoms with Gasteiger partial charge >= 0.3 is 6.09 Å². The van der Waals surface area contributed by atoms with Crippen molar-refractivity contribution in [1.29, 1.82) is 0 Å². The van der Waals surface area contributed by atoms with Crippen molar-refractivity contribution in [3.05, 3.63) is 60.2 Å². The van der Waals surface area contributed by atoms with Gasteiger partial charge in [0.25, 0.3) is 0 Å². The number of hydrogen-bond donors (Lipinski definition) is 1. The third kappa shape index (κ3) is 2.31. The minimum absolute atomic E-state index is 0. The summed E-state index contributed by atoms with van der Waals surface area (Å²) < 4.78 is 5.22. The second-order valence-electron chi connectivity index (χ2n) is 7.65. The molecule has 1 fully saturated rings. The van der Waals surface area contributed by atoms with Gasteiger partial charge in [-0.05, 0) is 37.9 Å². The van der Waals surface area contributed by atoms with E-state index in [0.29, 0.717) is 6.61 Å². The molecule has 0 bridgehead atoms. The van der Waals surface area contributed by atoms with Crippen LogP contribution in [0.4, 0.5) is 4.79 Å².